The molecule has 2 N–H and O–H groups in total. The Labute approximate surface area is 104 Å². The molecule has 1 aromatic rings. The number of halogens is 1. The Kier molecular flexibility index (Phi) is 3.82. The highest BCUT2D eigenvalue weighted by Crippen LogP contribution is 2.27. The van der Waals surface area contributed by atoms with Crippen molar-refractivity contribution < 1.29 is 5.11 Å². The minimum absolute atomic E-state index is 0.138. The first kappa shape index (κ1) is 11.9. The molecule has 1 heterocycles. The highest BCUT2D eigenvalue weighted by atomic mass is 79.9. The number of aryl methyl sites for hydroxylation is 1. The topological polar surface area (TPSA) is 45.2 Å². The molecule has 2 rings (SSSR count). The standard InChI is InChI=1S/C12H17BrN2O/c1-8-6-7-14-12(11(8)13)15-9-4-2-3-5-10(9)16/h6-7,9-10,16H,2-5H2,1H3,(H,14,15). The summed E-state index contributed by atoms with van der Waals surface area (Å²) in [6, 6.07) is 2.10. The van der Waals surface area contributed by atoms with Gasteiger partial charge in [-0.3, -0.25) is 0 Å². The summed E-state index contributed by atoms with van der Waals surface area (Å²) in [7, 11) is 0. The average Bonchev–Trinajstić information content (AvgIpc) is 2.28. The van der Waals surface area contributed by atoms with E-state index in [1.54, 1.807) is 6.20 Å². The lowest BCUT2D eigenvalue weighted by Gasteiger charge is -2.29. The molecular weight excluding hydrogens is 268 g/mol. The predicted octanol–water partition coefficient (Wildman–Crippen LogP) is 2.87. The summed E-state index contributed by atoms with van der Waals surface area (Å²) in [5.41, 5.74) is 1.16. The Bertz CT molecular complexity index is 370. The molecule has 1 fully saturated rings. The van der Waals surface area contributed by atoms with Gasteiger partial charge in [0.15, 0.2) is 0 Å². The highest BCUT2D eigenvalue weighted by molar-refractivity contribution is 9.10. The van der Waals surface area contributed by atoms with Crippen LogP contribution < -0.4 is 5.32 Å². The Morgan fingerprint density at radius 1 is 1.44 bits per heavy atom. The van der Waals surface area contributed by atoms with E-state index in [4.69, 9.17) is 0 Å². The largest absolute Gasteiger partial charge is 0.391 e. The van der Waals surface area contributed by atoms with Crippen molar-refractivity contribution in [3.8, 4) is 0 Å². The van der Waals surface area contributed by atoms with Gasteiger partial charge in [-0.2, -0.15) is 0 Å². The lowest BCUT2D eigenvalue weighted by Crippen LogP contribution is -2.36. The van der Waals surface area contributed by atoms with Gasteiger partial charge in [0.1, 0.15) is 5.82 Å². The van der Waals surface area contributed by atoms with Crippen molar-refractivity contribution in [1.82, 2.24) is 4.98 Å². The summed E-state index contributed by atoms with van der Waals surface area (Å²) < 4.78 is 0.993. The fraction of sp³-hybridized carbons (Fsp3) is 0.583. The van der Waals surface area contributed by atoms with E-state index < -0.39 is 0 Å². The van der Waals surface area contributed by atoms with Crippen molar-refractivity contribution in [3.05, 3.63) is 22.3 Å². The van der Waals surface area contributed by atoms with Crippen LogP contribution in [-0.2, 0) is 0 Å². The zero-order chi connectivity index (χ0) is 11.5. The molecule has 2 unspecified atom stereocenters. The monoisotopic (exact) mass is 284 g/mol. The number of nitrogens with zero attached hydrogens (tertiary/aromatic N) is 1. The average molecular weight is 285 g/mol. The molecule has 0 aliphatic heterocycles. The third-order valence-corrected chi connectivity index (χ3v) is 4.13. The molecule has 1 saturated carbocycles. The molecule has 88 valence electrons. The number of anilines is 1. The van der Waals surface area contributed by atoms with Gasteiger partial charge in [-0.1, -0.05) is 12.8 Å². The SMILES string of the molecule is Cc1ccnc(NC2CCCCC2O)c1Br. The van der Waals surface area contributed by atoms with E-state index in [1.165, 1.54) is 6.42 Å². The number of hydrogen-bond donors (Lipinski definition) is 2. The predicted molar refractivity (Wildman–Crippen MR) is 68.6 cm³/mol. The second kappa shape index (κ2) is 5.15. The van der Waals surface area contributed by atoms with E-state index in [2.05, 4.69) is 26.2 Å². The van der Waals surface area contributed by atoms with Crippen LogP contribution in [0.4, 0.5) is 5.82 Å². The van der Waals surface area contributed by atoms with E-state index in [9.17, 15) is 5.11 Å². The number of rotatable bonds is 2. The number of hydrogen-bond acceptors (Lipinski definition) is 3. The van der Waals surface area contributed by atoms with Crippen LogP contribution in [0.3, 0.4) is 0 Å². The van der Waals surface area contributed by atoms with E-state index in [0.717, 1.165) is 35.1 Å². The Morgan fingerprint density at radius 2 is 2.19 bits per heavy atom. The number of aromatic nitrogens is 1. The highest BCUT2D eigenvalue weighted by Gasteiger charge is 2.23. The van der Waals surface area contributed by atoms with Crippen molar-refractivity contribution in [2.45, 2.75) is 44.8 Å². The molecule has 1 aliphatic carbocycles. The van der Waals surface area contributed by atoms with E-state index in [1.807, 2.05) is 13.0 Å². The molecule has 0 saturated heterocycles. The van der Waals surface area contributed by atoms with Gasteiger partial charge >= 0.3 is 0 Å². The van der Waals surface area contributed by atoms with Crippen molar-refractivity contribution >= 4 is 21.7 Å². The molecule has 3 nitrogen and oxygen atoms in total. The summed E-state index contributed by atoms with van der Waals surface area (Å²) in [4.78, 5) is 4.30. The fourth-order valence-electron chi connectivity index (χ4n) is 2.10. The Hall–Kier alpha value is -0.610. The number of nitrogens with one attached hydrogen (secondary N) is 1. The van der Waals surface area contributed by atoms with Crippen molar-refractivity contribution in [2.75, 3.05) is 5.32 Å². The number of pyridine rings is 1. The maximum atomic E-state index is 9.88. The summed E-state index contributed by atoms with van der Waals surface area (Å²) in [6.45, 7) is 2.04. The molecular formula is C12H17BrN2O. The Morgan fingerprint density at radius 3 is 2.94 bits per heavy atom. The Balaban J connectivity index is 2.10. The molecule has 0 bridgehead atoms. The van der Waals surface area contributed by atoms with Crippen molar-refractivity contribution in [2.24, 2.45) is 0 Å². The van der Waals surface area contributed by atoms with Gasteiger partial charge in [0.25, 0.3) is 0 Å². The summed E-state index contributed by atoms with van der Waals surface area (Å²) in [6.07, 6.45) is 5.75. The third kappa shape index (κ3) is 2.55. The van der Waals surface area contributed by atoms with E-state index >= 15 is 0 Å². The molecule has 0 aromatic carbocycles. The van der Waals surface area contributed by atoms with Crippen LogP contribution in [0, 0.1) is 6.92 Å². The second-order valence-corrected chi connectivity index (χ2v) is 5.19. The van der Waals surface area contributed by atoms with Crippen LogP contribution in [0.5, 0.6) is 0 Å². The zero-order valence-corrected chi connectivity index (χ0v) is 11.0. The van der Waals surface area contributed by atoms with E-state index in [-0.39, 0.29) is 12.1 Å². The number of aliphatic hydroxyl groups excluding tert-OH is 1. The molecule has 0 amide bonds. The van der Waals surface area contributed by atoms with E-state index in [0.29, 0.717) is 0 Å². The summed E-state index contributed by atoms with van der Waals surface area (Å²) in [5, 5.41) is 13.2. The van der Waals surface area contributed by atoms with Crippen LogP contribution in [0.25, 0.3) is 0 Å². The maximum Gasteiger partial charge on any atom is 0.140 e. The molecule has 1 aromatic heterocycles. The minimum atomic E-state index is -0.247. The molecule has 16 heavy (non-hydrogen) atoms. The zero-order valence-electron chi connectivity index (χ0n) is 9.41. The van der Waals surface area contributed by atoms with Gasteiger partial charge in [0, 0.05) is 6.20 Å². The van der Waals surface area contributed by atoms with Crippen LogP contribution in [0.15, 0.2) is 16.7 Å². The lowest BCUT2D eigenvalue weighted by atomic mass is 9.92. The van der Waals surface area contributed by atoms with Crippen LogP contribution in [0.2, 0.25) is 0 Å². The first-order valence-electron chi connectivity index (χ1n) is 5.74. The van der Waals surface area contributed by atoms with Crippen molar-refractivity contribution in [1.29, 1.82) is 0 Å². The first-order chi connectivity index (χ1) is 7.68. The smallest absolute Gasteiger partial charge is 0.140 e. The van der Waals surface area contributed by atoms with Crippen LogP contribution in [-0.4, -0.2) is 22.2 Å². The van der Waals surface area contributed by atoms with Gasteiger partial charge < -0.3 is 10.4 Å². The fourth-order valence-corrected chi connectivity index (χ4v) is 2.45. The lowest BCUT2D eigenvalue weighted by molar-refractivity contribution is 0.116. The quantitative estimate of drug-likeness (QED) is 0.878. The molecule has 4 heteroatoms. The minimum Gasteiger partial charge on any atom is -0.391 e. The molecule has 0 spiro atoms. The first-order valence-corrected chi connectivity index (χ1v) is 6.53. The van der Waals surface area contributed by atoms with Crippen molar-refractivity contribution in [3.63, 3.8) is 0 Å². The summed E-state index contributed by atoms with van der Waals surface area (Å²) >= 11 is 3.52. The molecule has 1 aliphatic rings. The molecule has 0 radical (unpaired) electrons. The van der Waals surface area contributed by atoms with Gasteiger partial charge in [0.2, 0.25) is 0 Å². The second-order valence-electron chi connectivity index (χ2n) is 4.39. The number of aliphatic hydroxyl groups is 1. The van der Waals surface area contributed by atoms with Gasteiger partial charge in [-0.05, 0) is 47.3 Å². The van der Waals surface area contributed by atoms with Gasteiger partial charge in [-0.15, -0.1) is 0 Å². The summed E-state index contributed by atoms with van der Waals surface area (Å²) in [5.74, 6) is 0.839. The molecule has 2 atom stereocenters. The maximum absolute atomic E-state index is 9.88. The van der Waals surface area contributed by atoms with Crippen LogP contribution >= 0.6 is 15.9 Å². The van der Waals surface area contributed by atoms with Gasteiger partial charge in [0.05, 0.1) is 16.6 Å². The normalized spacial score (nSPS) is 25.4. The van der Waals surface area contributed by atoms with Crippen LogP contribution in [0.1, 0.15) is 31.2 Å². The van der Waals surface area contributed by atoms with Gasteiger partial charge in [-0.25, -0.2) is 4.98 Å². The third-order valence-electron chi connectivity index (χ3n) is 3.13.